The molecule has 0 atom stereocenters. The number of carbonyl (C=O) groups excluding carboxylic acids is 2. The van der Waals surface area contributed by atoms with Crippen molar-refractivity contribution in [2.24, 2.45) is 0 Å². The molecule has 0 fully saturated rings. The van der Waals surface area contributed by atoms with Gasteiger partial charge in [0, 0.05) is 24.8 Å². The van der Waals surface area contributed by atoms with Gasteiger partial charge in [-0.25, -0.2) is 8.42 Å². The third-order valence-corrected chi connectivity index (χ3v) is 7.58. The van der Waals surface area contributed by atoms with Crippen molar-refractivity contribution in [1.82, 2.24) is 5.32 Å². The van der Waals surface area contributed by atoms with Crippen LogP contribution < -0.4 is 19.7 Å². The third-order valence-electron chi connectivity index (χ3n) is 4.71. The molecular formula is C23H25N3O5S2. The first kappa shape index (κ1) is 24.3. The lowest BCUT2D eigenvalue weighted by atomic mass is 10.2. The van der Waals surface area contributed by atoms with Crippen LogP contribution in [0.15, 0.2) is 64.9 Å². The number of hydrogen-bond donors (Lipinski definition) is 2. The fourth-order valence-electron chi connectivity index (χ4n) is 3.06. The van der Waals surface area contributed by atoms with Gasteiger partial charge < -0.3 is 15.4 Å². The van der Waals surface area contributed by atoms with E-state index in [2.05, 4.69) is 10.6 Å². The molecule has 10 heteroatoms. The molecule has 0 aliphatic heterocycles. The summed E-state index contributed by atoms with van der Waals surface area (Å²) in [5, 5.41) is 6.94. The lowest BCUT2D eigenvalue weighted by molar-refractivity contribution is 0.0954. The molecule has 0 spiro atoms. The van der Waals surface area contributed by atoms with E-state index in [1.54, 1.807) is 47.8 Å². The fourth-order valence-corrected chi connectivity index (χ4v) is 5.55. The van der Waals surface area contributed by atoms with Gasteiger partial charge in [0.25, 0.3) is 21.8 Å². The number of hydrogen-bond acceptors (Lipinski definition) is 6. The zero-order valence-corrected chi connectivity index (χ0v) is 20.1. The molecule has 0 unspecified atom stereocenters. The van der Waals surface area contributed by atoms with Gasteiger partial charge in [0.2, 0.25) is 0 Å². The highest BCUT2D eigenvalue weighted by molar-refractivity contribution is 7.93. The zero-order chi connectivity index (χ0) is 24.0. The maximum atomic E-state index is 13.3. The minimum absolute atomic E-state index is 0.0520. The molecule has 0 aliphatic rings. The lowest BCUT2D eigenvalue weighted by Crippen LogP contribution is -2.28. The van der Waals surface area contributed by atoms with Crippen molar-refractivity contribution in [3.05, 3.63) is 70.4 Å². The number of benzene rings is 2. The van der Waals surface area contributed by atoms with Crippen LogP contribution in [-0.4, -0.2) is 40.4 Å². The van der Waals surface area contributed by atoms with E-state index in [9.17, 15) is 18.0 Å². The van der Waals surface area contributed by atoms with Gasteiger partial charge in [0.15, 0.2) is 0 Å². The van der Waals surface area contributed by atoms with Crippen LogP contribution in [0, 0.1) is 0 Å². The highest BCUT2D eigenvalue weighted by atomic mass is 32.2. The number of sulfonamides is 1. The van der Waals surface area contributed by atoms with Crippen LogP contribution >= 0.6 is 11.3 Å². The summed E-state index contributed by atoms with van der Waals surface area (Å²) in [6, 6.07) is 14.5. The van der Waals surface area contributed by atoms with E-state index in [4.69, 9.17) is 4.74 Å². The summed E-state index contributed by atoms with van der Waals surface area (Å²) in [5.41, 5.74) is 1.22. The Morgan fingerprint density at radius 3 is 2.42 bits per heavy atom. The lowest BCUT2D eigenvalue weighted by Gasteiger charge is -2.20. The van der Waals surface area contributed by atoms with Crippen LogP contribution in [0.25, 0.3) is 0 Å². The van der Waals surface area contributed by atoms with Gasteiger partial charge in [-0.05, 0) is 67.8 Å². The molecule has 2 N–H and O–H groups in total. The zero-order valence-electron chi connectivity index (χ0n) is 18.5. The minimum Gasteiger partial charge on any atom is -0.494 e. The second-order valence-electron chi connectivity index (χ2n) is 6.91. The Balaban J connectivity index is 1.83. The molecule has 0 saturated heterocycles. The third kappa shape index (κ3) is 5.52. The average molecular weight is 488 g/mol. The number of rotatable bonds is 9. The smallest absolute Gasteiger partial charge is 0.267 e. The van der Waals surface area contributed by atoms with E-state index in [1.807, 2.05) is 13.8 Å². The normalized spacial score (nSPS) is 11.0. The molecule has 2 amide bonds. The van der Waals surface area contributed by atoms with E-state index in [1.165, 1.54) is 19.2 Å². The number of nitrogens with one attached hydrogen (secondary N) is 2. The number of anilines is 2. The van der Waals surface area contributed by atoms with Crippen molar-refractivity contribution < 1.29 is 22.7 Å². The maximum absolute atomic E-state index is 13.3. The summed E-state index contributed by atoms with van der Waals surface area (Å²) < 4.78 is 33.1. The SMILES string of the molecule is CCNC(=O)c1cccc(NC(=O)c2sccc2S(=O)(=O)N(C)c2ccc(OCC)cc2)c1. The summed E-state index contributed by atoms with van der Waals surface area (Å²) in [6.07, 6.45) is 0. The average Bonchev–Trinajstić information content (AvgIpc) is 3.31. The standard InChI is InChI=1S/C23H25N3O5S2/c1-4-24-22(27)16-7-6-8-17(15-16)25-23(28)21-20(13-14-32-21)33(29,30)26(3)18-9-11-19(12-10-18)31-5-2/h6-15H,4-5H2,1-3H3,(H,24,27)(H,25,28). The van der Waals surface area contributed by atoms with Crippen molar-refractivity contribution in [3.63, 3.8) is 0 Å². The predicted octanol–water partition coefficient (Wildman–Crippen LogP) is 3.97. The summed E-state index contributed by atoms with van der Waals surface area (Å²) in [5.74, 6) is -0.195. The predicted molar refractivity (Wildman–Crippen MR) is 130 cm³/mol. The summed E-state index contributed by atoms with van der Waals surface area (Å²) in [6.45, 7) is 4.66. The van der Waals surface area contributed by atoms with E-state index in [-0.39, 0.29) is 15.7 Å². The number of ether oxygens (including phenoxy) is 1. The van der Waals surface area contributed by atoms with Gasteiger partial charge in [-0.15, -0.1) is 11.3 Å². The number of nitrogens with zero attached hydrogens (tertiary/aromatic N) is 1. The van der Waals surface area contributed by atoms with Gasteiger partial charge in [-0.2, -0.15) is 0 Å². The summed E-state index contributed by atoms with van der Waals surface area (Å²) in [4.78, 5) is 24.9. The number of carbonyl (C=O) groups is 2. The molecule has 8 nitrogen and oxygen atoms in total. The van der Waals surface area contributed by atoms with Gasteiger partial charge >= 0.3 is 0 Å². The topological polar surface area (TPSA) is 105 Å². The van der Waals surface area contributed by atoms with Crippen LogP contribution in [0.2, 0.25) is 0 Å². The molecular weight excluding hydrogens is 462 g/mol. The van der Waals surface area contributed by atoms with Crippen LogP contribution in [0.5, 0.6) is 5.75 Å². The molecule has 174 valence electrons. The van der Waals surface area contributed by atoms with E-state index >= 15 is 0 Å². The minimum atomic E-state index is -3.99. The van der Waals surface area contributed by atoms with Crippen LogP contribution in [0.1, 0.15) is 33.9 Å². The van der Waals surface area contributed by atoms with Crippen molar-refractivity contribution in [2.45, 2.75) is 18.7 Å². The summed E-state index contributed by atoms with van der Waals surface area (Å²) >= 11 is 1.03. The van der Waals surface area contributed by atoms with E-state index in [0.717, 1.165) is 15.6 Å². The highest BCUT2D eigenvalue weighted by Crippen LogP contribution is 2.29. The fraction of sp³-hybridized carbons (Fsp3) is 0.217. The Labute approximate surface area is 197 Å². The molecule has 0 bridgehead atoms. The molecule has 3 aromatic rings. The second kappa shape index (κ2) is 10.5. The maximum Gasteiger partial charge on any atom is 0.267 e. The van der Waals surface area contributed by atoms with Gasteiger partial charge in [0.1, 0.15) is 15.5 Å². The molecule has 0 aliphatic carbocycles. The molecule has 2 aromatic carbocycles. The molecule has 0 radical (unpaired) electrons. The van der Waals surface area contributed by atoms with Gasteiger partial charge in [0.05, 0.1) is 12.3 Å². The quantitative estimate of drug-likeness (QED) is 0.475. The van der Waals surface area contributed by atoms with Gasteiger partial charge in [-0.1, -0.05) is 6.07 Å². The second-order valence-corrected chi connectivity index (χ2v) is 9.76. The Hall–Kier alpha value is -3.37. The van der Waals surface area contributed by atoms with Crippen molar-refractivity contribution in [3.8, 4) is 5.75 Å². The van der Waals surface area contributed by atoms with Crippen molar-refractivity contribution in [1.29, 1.82) is 0 Å². The molecule has 3 rings (SSSR count). The van der Waals surface area contributed by atoms with E-state index in [0.29, 0.717) is 35.8 Å². The Morgan fingerprint density at radius 2 is 1.76 bits per heavy atom. The van der Waals surface area contributed by atoms with Crippen LogP contribution in [-0.2, 0) is 10.0 Å². The first-order valence-electron chi connectivity index (χ1n) is 10.3. The monoisotopic (exact) mass is 487 g/mol. The Bertz CT molecular complexity index is 1240. The number of thiophene rings is 1. The molecule has 33 heavy (non-hydrogen) atoms. The molecule has 0 saturated carbocycles. The first-order chi connectivity index (χ1) is 15.8. The van der Waals surface area contributed by atoms with Gasteiger partial charge in [-0.3, -0.25) is 13.9 Å². The summed E-state index contributed by atoms with van der Waals surface area (Å²) in [7, 11) is -2.56. The van der Waals surface area contributed by atoms with Crippen LogP contribution in [0.3, 0.4) is 0 Å². The molecule has 1 heterocycles. The van der Waals surface area contributed by atoms with Crippen LogP contribution in [0.4, 0.5) is 11.4 Å². The number of amides is 2. The Kier molecular flexibility index (Phi) is 7.72. The van der Waals surface area contributed by atoms with Crippen molar-refractivity contribution >= 4 is 44.5 Å². The Morgan fingerprint density at radius 1 is 1.03 bits per heavy atom. The molecule has 1 aromatic heterocycles. The first-order valence-corrected chi connectivity index (χ1v) is 12.6. The van der Waals surface area contributed by atoms with Crippen molar-refractivity contribution in [2.75, 3.05) is 29.8 Å². The highest BCUT2D eigenvalue weighted by Gasteiger charge is 2.28. The van der Waals surface area contributed by atoms with E-state index < -0.39 is 15.9 Å². The largest absolute Gasteiger partial charge is 0.494 e.